The van der Waals surface area contributed by atoms with Gasteiger partial charge in [0.2, 0.25) is 4.47 Å². The van der Waals surface area contributed by atoms with Gasteiger partial charge in [0, 0.05) is 12.6 Å². The van der Waals surface area contributed by atoms with E-state index in [0.717, 1.165) is 5.01 Å². The molecule has 0 radical (unpaired) electrons. The average Bonchev–Trinajstić information content (AvgIpc) is 2.50. The topological polar surface area (TPSA) is 49.2 Å². The van der Waals surface area contributed by atoms with Crippen LogP contribution in [0, 0.1) is 0 Å². The summed E-state index contributed by atoms with van der Waals surface area (Å²) in [5, 5.41) is 17.4. The Bertz CT molecular complexity index is 279. The number of rotatable bonds is 5. The van der Waals surface area contributed by atoms with Crippen LogP contribution >= 0.6 is 22.9 Å². The van der Waals surface area contributed by atoms with E-state index in [1.54, 1.807) is 0 Å². The molecule has 0 aliphatic rings. The van der Waals surface area contributed by atoms with Crippen LogP contribution in [0.1, 0.15) is 18.9 Å². The molecule has 1 rings (SSSR count). The van der Waals surface area contributed by atoms with Crippen molar-refractivity contribution in [2.75, 3.05) is 13.2 Å². The van der Waals surface area contributed by atoms with E-state index < -0.39 is 0 Å². The predicted molar refractivity (Wildman–Crippen MR) is 57.6 cm³/mol. The Hall–Kier alpha value is -0.230. The van der Waals surface area contributed by atoms with E-state index in [-0.39, 0.29) is 6.61 Å². The van der Waals surface area contributed by atoms with Crippen LogP contribution in [0.25, 0.3) is 0 Å². The van der Waals surface area contributed by atoms with Gasteiger partial charge in [-0.15, -0.1) is 10.2 Å². The van der Waals surface area contributed by atoms with Gasteiger partial charge >= 0.3 is 0 Å². The molecule has 1 heterocycles. The third kappa shape index (κ3) is 3.49. The Morgan fingerprint density at radius 1 is 1.50 bits per heavy atom. The van der Waals surface area contributed by atoms with E-state index in [9.17, 15) is 0 Å². The highest BCUT2D eigenvalue weighted by molar-refractivity contribution is 7.15. The zero-order valence-corrected chi connectivity index (χ0v) is 9.85. The molecule has 14 heavy (non-hydrogen) atoms. The molecule has 0 fully saturated rings. The van der Waals surface area contributed by atoms with E-state index in [4.69, 9.17) is 16.7 Å². The number of aromatic nitrogens is 2. The SMILES string of the molecule is CC(C)N(CCO)Cc1nnc(Cl)s1. The van der Waals surface area contributed by atoms with Gasteiger partial charge in [-0.1, -0.05) is 11.3 Å². The van der Waals surface area contributed by atoms with Crippen molar-refractivity contribution < 1.29 is 5.11 Å². The molecule has 80 valence electrons. The standard InChI is InChI=1S/C8H14ClN3OS/c1-6(2)12(3-4-13)5-7-10-11-8(9)14-7/h6,13H,3-5H2,1-2H3. The van der Waals surface area contributed by atoms with Crippen LogP contribution < -0.4 is 0 Å². The Morgan fingerprint density at radius 2 is 2.21 bits per heavy atom. The molecule has 6 heteroatoms. The number of aliphatic hydroxyl groups excluding tert-OH is 1. The van der Waals surface area contributed by atoms with Crippen molar-refractivity contribution in [2.24, 2.45) is 0 Å². The maximum atomic E-state index is 8.87. The van der Waals surface area contributed by atoms with Gasteiger partial charge in [0.1, 0.15) is 5.01 Å². The molecule has 0 saturated heterocycles. The van der Waals surface area contributed by atoms with Crippen LogP contribution in [0.2, 0.25) is 4.47 Å². The van der Waals surface area contributed by atoms with Crippen molar-refractivity contribution in [1.29, 1.82) is 0 Å². The van der Waals surface area contributed by atoms with Gasteiger partial charge in [-0.3, -0.25) is 4.90 Å². The van der Waals surface area contributed by atoms with E-state index in [1.165, 1.54) is 11.3 Å². The van der Waals surface area contributed by atoms with Crippen LogP contribution in [-0.4, -0.2) is 39.4 Å². The number of hydrogen-bond donors (Lipinski definition) is 1. The van der Waals surface area contributed by atoms with Crippen LogP contribution in [0.4, 0.5) is 0 Å². The maximum absolute atomic E-state index is 8.87. The minimum atomic E-state index is 0.157. The highest BCUT2D eigenvalue weighted by Crippen LogP contribution is 2.17. The largest absolute Gasteiger partial charge is 0.395 e. The highest BCUT2D eigenvalue weighted by atomic mass is 35.5. The van der Waals surface area contributed by atoms with E-state index in [1.807, 2.05) is 0 Å². The lowest BCUT2D eigenvalue weighted by Crippen LogP contribution is -2.32. The number of nitrogens with zero attached hydrogens (tertiary/aromatic N) is 3. The number of aliphatic hydroxyl groups is 1. The lowest BCUT2D eigenvalue weighted by molar-refractivity contribution is 0.159. The van der Waals surface area contributed by atoms with Gasteiger partial charge in [0.05, 0.1) is 13.2 Å². The summed E-state index contributed by atoms with van der Waals surface area (Å²) in [6.45, 7) is 5.67. The number of halogens is 1. The normalized spacial score (nSPS) is 11.6. The molecule has 0 unspecified atom stereocenters. The quantitative estimate of drug-likeness (QED) is 0.838. The van der Waals surface area contributed by atoms with Gasteiger partial charge < -0.3 is 5.11 Å². The molecule has 1 N–H and O–H groups in total. The zero-order chi connectivity index (χ0) is 10.6. The van der Waals surface area contributed by atoms with Gasteiger partial charge in [0.25, 0.3) is 0 Å². The Balaban J connectivity index is 2.55. The average molecular weight is 236 g/mol. The van der Waals surface area contributed by atoms with Crippen molar-refractivity contribution in [3.05, 3.63) is 9.47 Å². The molecule has 4 nitrogen and oxygen atoms in total. The smallest absolute Gasteiger partial charge is 0.207 e. The van der Waals surface area contributed by atoms with Gasteiger partial charge in [-0.25, -0.2) is 0 Å². The first-order valence-corrected chi connectivity index (χ1v) is 5.65. The molecule has 1 aromatic rings. The summed E-state index contributed by atoms with van der Waals surface area (Å²) < 4.78 is 0.465. The minimum Gasteiger partial charge on any atom is -0.395 e. The third-order valence-electron chi connectivity index (χ3n) is 1.90. The fourth-order valence-corrected chi connectivity index (χ4v) is 2.01. The van der Waals surface area contributed by atoms with Crippen LogP contribution in [-0.2, 0) is 6.54 Å². The second kappa shape index (κ2) is 5.60. The molecule has 0 bridgehead atoms. The fourth-order valence-electron chi connectivity index (χ4n) is 1.12. The van der Waals surface area contributed by atoms with Crippen LogP contribution in [0.3, 0.4) is 0 Å². The molecular weight excluding hydrogens is 222 g/mol. The van der Waals surface area contributed by atoms with Gasteiger partial charge in [-0.2, -0.15) is 0 Å². The fraction of sp³-hybridized carbons (Fsp3) is 0.750. The second-order valence-corrected chi connectivity index (χ2v) is 4.88. The first kappa shape index (κ1) is 11.8. The molecule has 0 aromatic carbocycles. The monoisotopic (exact) mass is 235 g/mol. The Morgan fingerprint density at radius 3 is 2.64 bits per heavy atom. The maximum Gasteiger partial charge on any atom is 0.207 e. The van der Waals surface area contributed by atoms with Gasteiger partial charge in [0.15, 0.2) is 0 Å². The molecule has 0 atom stereocenters. The van der Waals surface area contributed by atoms with Crippen molar-refractivity contribution in [3.63, 3.8) is 0 Å². The number of hydrogen-bond acceptors (Lipinski definition) is 5. The van der Waals surface area contributed by atoms with Crippen molar-refractivity contribution in [3.8, 4) is 0 Å². The molecule has 0 aliphatic heterocycles. The summed E-state index contributed by atoms with van der Waals surface area (Å²) >= 11 is 7.06. The van der Waals surface area contributed by atoms with Crippen molar-refractivity contribution in [1.82, 2.24) is 15.1 Å². The summed E-state index contributed by atoms with van der Waals surface area (Å²) in [6, 6.07) is 0.379. The molecule has 0 amide bonds. The molecular formula is C8H14ClN3OS. The summed E-state index contributed by atoms with van der Waals surface area (Å²) in [5.41, 5.74) is 0. The summed E-state index contributed by atoms with van der Waals surface area (Å²) in [5.74, 6) is 0. The Labute approximate surface area is 92.5 Å². The van der Waals surface area contributed by atoms with Crippen LogP contribution in [0.5, 0.6) is 0 Å². The van der Waals surface area contributed by atoms with Crippen LogP contribution in [0.15, 0.2) is 0 Å². The van der Waals surface area contributed by atoms with Crippen molar-refractivity contribution in [2.45, 2.75) is 26.4 Å². The van der Waals surface area contributed by atoms with Gasteiger partial charge in [-0.05, 0) is 25.4 Å². The van der Waals surface area contributed by atoms with E-state index in [0.29, 0.717) is 23.6 Å². The minimum absolute atomic E-state index is 0.157. The van der Waals surface area contributed by atoms with Crippen molar-refractivity contribution >= 4 is 22.9 Å². The molecule has 1 aromatic heterocycles. The molecule has 0 aliphatic carbocycles. The molecule has 0 spiro atoms. The second-order valence-electron chi connectivity index (χ2n) is 3.24. The first-order valence-electron chi connectivity index (χ1n) is 4.46. The molecule has 0 saturated carbocycles. The van der Waals surface area contributed by atoms with E-state index in [2.05, 4.69) is 28.9 Å². The lowest BCUT2D eigenvalue weighted by atomic mass is 10.3. The predicted octanol–water partition coefficient (Wildman–Crippen LogP) is 1.39. The first-order chi connectivity index (χ1) is 6.63. The highest BCUT2D eigenvalue weighted by Gasteiger charge is 2.12. The zero-order valence-electron chi connectivity index (χ0n) is 8.27. The Kier molecular flexibility index (Phi) is 4.74. The third-order valence-corrected chi connectivity index (χ3v) is 2.90. The summed E-state index contributed by atoms with van der Waals surface area (Å²) in [6.07, 6.45) is 0. The van der Waals surface area contributed by atoms with E-state index >= 15 is 0 Å². The lowest BCUT2D eigenvalue weighted by Gasteiger charge is -2.23. The summed E-state index contributed by atoms with van der Waals surface area (Å²) in [4.78, 5) is 2.12. The summed E-state index contributed by atoms with van der Waals surface area (Å²) in [7, 11) is 0.